The van der Waals surface area contributed by atoms with Crippen LogP contribution in [0.3, 0.4) is 0 Å². The molecular formula is C23H24FN5O. The number of nitrogens with zero attached hydrogens (tertiary/aromatic N) is 3. The highest BCUT2D eigenvalue weighted by Gasteiger charge is 2.30. The van der Waals surface area contributed by atoms with E-state index < -0.39 is 5.82 Å². The minimum atomic E-state index is -0.439. The average molecular weight is 405 g/mol. The second kappa shape index (κ2) is 8.90. The molecule has 30 heavy (non-hydrogen) atoms. The highest BCUT2D eigenvalue weighted by atomic mass is 19.1. The largest absolute Gasteiger partial charge is 0.369 e. The molecule has 1 unspecified atom stereocenters. The van der Waals surface area contributed by atoms with E-state index in [0.29, 0.717) is 12.4 Å². The van der Waals surface area contributed by atoms with Crippen LogP contribution in [0.1, 0.15) is 35.6 Å². The third-order valence-electron chi connectivity index (χ3n) is 5.34. The van der Waals surface area contributed by atoms with Crippen LogP contribution < -0.4 is 16.0 Å². The van der Waals surface area contributed by atoms with Crippen molar-refractivity contribution in [3.8, 4) is 0 Å². The van der Waals surface area contributed by atoms with E-state index in [1.165, 1.54) is 11.9 Å². The number of aromatic nitrogens is 2. The number of amides is 1. The van der Waals surface area contributed by atoms with E-state index in [-0.39, 0.29) is 24.2 Å². The molecule has 1 aliphatic heterocycles. The van der Waals surface area contributed by atoms with Crippen molar-refractivity contribution in [2.45, 2.75) is 31.8 Å². The molecule has 2 aromatic carbocycles. The minimum Gasteiger partial charge on any atom is -0.369 e. The monoisotopic (exact) mass is 405 g/mol. The van der Waals surface area contributed by atoms with Gasteiger partial charge in [-0.15, -0.1) is 0 Å². The highest BCUT2D eigenvalue weighted by Crippen LogP contribution is 2.37. The van der Waals surface area contributed by atoms with Crippen LogP contribution in [0.5, 0.6) is 0 Å². The summed E-state index contributed by atoms with van der Waals surface area (Å²) in [5.41, 5.74) is 8.18. The second-order valence-corrected chi connectivity index (χ2v) is 7.44. The highest BCUT2D eigenvalue weighted by molar-refractivity contribution is 5.76. The number of benzene rings is 2. The molecule has 2 heterocycles. The summed E-state index contributed by atoms with van der Waals surface area (Å²) >= 11 is 0. The van der Waals surface area contributed by atoms with Crippen LogP contribution in [0.2, 0.25) is 0 Å². The molecule has 3 N–H and O–H groups in total. The molecule has 1 aliphatic rings. The molecule has 0 spiro atoms. The quantitative estimate of drug-likeness (QED) is 0.628. The maximum Gasteiger partial charge on any atom is 0.221 e. The van der Waals surface area contributed by atoms with E-state index in [1.807, 2.05) is 47.4 Å². The lowest BCUT2D eigenvalue weighted by molar-refractivity contribution is -0.117. The molecule has 0 aliphatic carbocycles. The number of nitrogens with one attached hydrogen (secondary N) is 1. The van der Waals surface area contributed by atoms with Gasteiger partial charge in [-0.25, -0.2) is 9.97 Å². The Morgan fingerprint density at radius 2 is 1.83 bits per heavy atom. The molecule has 0 radical (unpaired) electrons. The summed E-state index contributed by atoms with van der Waals surface area (Å²) in [7, 11) is 0. The van der Waals surface area contributed by atoms with Gasteiger partial charge in [-0.3, -0.25) is 4.79 Å². The fourth-order valence-electron chi connectivity index (χ4n) is 3.89. The Kier molecular flexibility index (Phi) is 5.88. The van der Waals surface area contributed by atoms with Crippen LogP contribution in [0.15, 0.2) is 60.9 Å². The van der Waals surface area contributed by atoms with Gasteiger partial charge in [-0.05, 0) is 29.5 Å². The van der Waals surface area contributed by atoms with Crippen molar-refractivity contribution in [1.82, 2.24) is 9.97 Å². The maximum atomic E-state index is 15.2. The minimum absolute atomic E-state index is 0.112. The third kappa shape index (κ3) is 4.40. The number of hydrogen-bond donors (Lipinski definition) is 2. The number of primary amides is 1. The normalized spacial score (nSPS) is 15.9. The van der Waals surface area contributed by atoms with Crippen LogP contribution in [-0.2, 0) is 17.8 Å². The van der Waals surface area contributed by atoms with Crippen molar-refractivity contribution >= 4 is 17.5 Å². The van der Waals surface area contributed by atoms with Crippen molar-refractivity contribution in [2.24, 2.45) is 5.73 Å². The Balaban J connectivity index is 1.48. The molecule has 1 aromatic heterocycles. The first-order valence-corrected chi connectivity index (χ1v) is 10.0. The first-order chi connectivity index (χ1) is 14.6. The van der Waals surface area contributed by atoms with Crippen molar-refractivity contribution in [3.63, 3.8) is 0 Å². The van der Waals surface area contributed by atoms with Gasteiger partial charge in [0.15, 0.2) is 11.6 Å². The zero-order chi connectivity index (χ0) is 20.9. The summed E-state index contributed by atoms with van der Waals surface area (Å²) in [6, 6.07) is 17.7. The van der Waals surface area contributed by atoms with Gasteiger partial charge in [-0.2, -0.15) is 4.39 Å². The Bertz CT molecular complexity index is 1010. The molecule has 7 heteroatoms. The van der Waals surface area contributed by atoms with Gasteiger partial charge < -0.3 is 16.0 Å². The van der Waals surface area contributed by atoms with E-state index in [2.05, 4.69) is 27.4 Å². The molecule has 4 rings (SSSR count). The smallest absolute Gasteiger partial charge is 0.221 e. The number of hydrogen-bond acceptors (Lipinski definition) is 5. The molecule has 3 aromatic rings. The second-order valence-electron chi connectivity index (χ2n) is 7.44. The number of carbonyl (C=O) groups excluding carboxylic acids is 1. The van der Waals surface area contributed by atoms with E-state index in [0.717, 1.165) is 30.5 Å². The number of anilines is 2. The molecule has 1 saturated heterocycles. The number of rotatable bonds is 7. The van der Waals surface area contributed by atoms with Crippen LogP contribution in [0, 0.1) is 5.82 Å². The van der Waals surface area contributed by atoms with Gasteiger partial charge >= 0.3 is 0 Å². The standard InChI is InChI=1S/C23H24FN5O/c24-21-22(26-14-17-10-8-16(9-11-17)13-20(25)30)27-15-28-23(21)29-12-4-7-19(29)18-5-2-1-3-6-18/h1-3,5-6,8-11,15,19H,4,7,12-14H2,(H2,25,30)(H,26,27,28). The van der Waals surface area contributed by atoms with Gasteiger partial charge in [0.2, 0.25) is 11.7 Å². The van der Waals surface area contributed by atoms with E-state index >= 15 is 4.39 Å². The lowest BCUT2D eigenvalue weighted by Gasteiger charge is -2.26. The fraction of sp³-hybridized carbons (Fsp3) is 0.261. The van der Waals surface area contributed by atoms with Crippen molar-refractivity contribution < 1.29 is 9.18 Å². The lowest BCUT2D eigenvalue weighted by atomic mass is 10.0. The van der Waals surface area contributed by atoms with Crippen LogP contribution in [0.25, 0.3) is 0 Å². The molecular weight excluding hydrogens is 381 g/mol. The molecule has 0 saturated carbocycles. The summed E-state index contributed by atoms with van der Waals surface area (Å²) < 4.78 is 15.2. The lowest BCUT2D eigenvalue weighted by Crippen LogP contribution is -2.25. The number of carbonyl (C=O) groups is 1. The number of halogens is 1. The van der Waals surface area contributed by atoms with Crippen molar-refractivity contribution in [2.75, 3.05) is 16.8 Å². The van der Waals surface area contributed by atoms with E-state index in [9.17, 15) is 4.79 Å². The summed E-state index contributed by atoms with van der Waals surface area (Å²) in [5.74, 6) is -0.298. The molecule has 1 amide bonds. The summed E-state index contributed by atoms with van der Waals surface area (Å²) in [4.78, 5) is 21.4. The Morgan fingerprint density at radius 3 is 2.57 bits per heavy atom. The van der Waals surface area contributed by atoms with E-state index in [4.69, 9.17) is 5.73 Å². The molecule has 1 atom stereocenters. The van der Waals surface area contributed by atoms with Gasteiger partial charge in [0.1, 0.15) is 6.33 Å². The van der Waals surface area contributed by atoms with Crippen molar-refractivity contribution in [3.05, 3.63) is 83.4 Å². The Morgan fingerprint density at radius 1 is 1.10 bits per heavy atom. The van der Waals surface area contributed by atoms with Crippen LogP contribution >= 0.6 is 0 Å². The van der Waals surface area contributed by atoms with Gasteiger partial charge in [0, 0.05) is 13.1 Å². The fourth-order valence-corrected chi connectivity index (χ4v) is 3.89. The SMILES string of the molecule is NC(=O)Cc1ccc(CNc2ncnc(N3CCCC3c3ccccc3)c2F)cc1. The Labute approximate surface area is 175 Å². The number of nitrogens with two attached hydrogens (primary N) is 1. The van der Waals surface area contributed by atoms with Crippen molar-refractivity contribution in [1.29, 1.82) is 0 Å². The molecule has 0 bridgehead atoms. The van der Waals surface area contributed by atoms with Gasteiger partial charge in [0.25, 0.3) is 0 Å². The Hall–Kier alpha value is -3.48. The summed E-state index contributed by atoms with van der Waals surface area (Å²) in [6.45, 7) is 1.17. The first-order valence-electron chi connectivity index (χ1n) is 10.0. The van der Waals surface area contributed by atoms with E-state index in [1.54, 1.807) is 0 Å². The zero-order valence-corrected chi connectivity index (χ0v) is 16.6. The molecule has 154 valence electrons. The van der Waals surface area contributed by atoms with Gasteiger partial charge in [0.05, 0.1) is 12.5 Å². The summed E-state index contributed by atoms with van der Waals surface area (Å²) in [5, 5.41) is 3.06. The van der Waals surface area contributed by atoms with Gasteiger partial charge in [-0.1, -0.05) is 54.6 Å². The average Bonchev–Trinajstić information content (AvgIpc) is 3.24. The predicted molar refractivity (Wildman–Crippen MR) is 114 cm³/mol. The molecule has 6 nitrogen and oxygen atoms in total. The summed E-state index contributed by atoms with van der Waals surface area (Å²) in [6.07, 6.45) is 3.56. The first kappa shape index (κ1) is 19.8. The maximum absolute atomic E-state index is 15.2. The predicted octanol–water partition coefficient (Wildman–Crippen LogP) is 3.60. The van der Waals surface area contributed by atoms with Crippen LogP contribution in [-0.4, -0.2) is 22.4 Å². The molecule has 1 fully saturated rings. The topological polar surface area (TPSA) is 84.1 Å². The zero-order valence-electron chi connectivity index (χ0n) is 16.6. The third-order valence-corrected chi connectivity index (χ3v) is 5.34. The van der Waals surface area contributed by atoms with Crippen LogP contribution in [0.4, 0.5) is 16.0 Å².